The molecule has 1 aliphatic heterocycles. The monoisotopic (exact) mass is 460 g/mol. The normalized spacial score (nSPS) is 15.9. The summed E-state index contributed by atoms with van der Waals surface area (Å²) in [6.45, 7) is 4.84. The average molecular weight is 461 g/mol. The van der Waals surface area contributed by atoms with Crippen LogP contribution in [0.4, 0.5) is 5.82 Å². The molecule has 1 saturated heterocycles. The van der Waals surface area contributed by atoms with Crippen molar-refractivity contribution >= 4 is 43.3 Å². The molecule has 0 atom stereocenters. The van der Waals surface area contributed by atoms with Gasteiger partial charge in [-0.25, -0.2) is 13.4 Å². The van der Waals surface area contributed by atoms with Gasteiger partial charge in [0.2, 0.25) is 15.9 Å². The number of aromatic nitrogens is 2. The molecule has 8 nitrogen and oxygen atoms in total. The molecule has 0 saturated carbocycles. The predicted octanol–water partition coefficient (Wildman–Crippen LogP) is 2.83. The number of hydrogen-bond donors (Lipinski definition) is 1. The number of fused-ring (bicyclic) bond motifs is 1. The van der Waals surface area contributed by atoms with Crippen molar-refractivity contribution in [2.75, 3.05) is 18.4 Å². The molecular formula is C21H24N4O4S2. The molecule has 1 amide bonds. The number of thiazole rings is 1. The number of benzene rings is 1. The van der Waals surface area contributed by atoms with E-state index >= 15 is 0 Å². The van der Waals surface area contributed by atoms with Crippen molar-refractivity contribution in [3.05, 3.63) is 51.8 Å². The maximum atomic E-state index is 13.1. The SMILES string of the molecule is CCn1c(=O)sc2cc(S(=O)(=O)N3CCC(C(=O)Nc4ncccc4C)CC3)ccc21. The van der Waals surface area contributed by atoms with Crippen LogP contribution >= 0.6 is 11.3 Å². The van der Waals surface area contributed by atoms with E-state index in [-0.39, 0.29) is 34.7 Å². The highest BCUT2D eigenvalue weighted by Gasteiger charge is 2.32. The van der Waals surface area contributed by atoms with Crippen molar-refractivity contribution in [1.29, 1.82) is 0 Å². The van der Waals surface area contributed by atoms with Gasteiger partial charge in [-0.05, 0) is 56.5 Å². The van der Waals surface area contributed by atoms with Crippen LogP contribution in [-0.2, 0) is 21.4 Å². The Bertz CT molecular complexity index is 1290. The fraction of sp³-hybridized carbons (Fsp3) is 0.381. The quantitative estimate of drug-likeness (QED) is 0.631. The highest BCUT2D eigenvalue weighted by Crippen LogP contribution is 2.28. The Labute approximate surface area is 184 Å². The molecule has 0 bridgehead atoms. The average Bonchev–Trinajstić information content (AvgIpc) is 3.09. The molecule has 0 aliphatic carbocycles. The van der Waals surface area contributed by atoms with Gasteiger partial charge in [-0.2, -0.15) is 4.31 Å². The molecule has 0 radical (unpaired) electrons. The highest BCUT2D eigenvalue weighted by molar-refractivity contribution is 7.89. The van der Waals surface area contributed by atoms with Gasteiger partial charge in [0.1, 0.15) is 5.82 Å². The lowest BCUT2D eigenvalue weighted by atomic mass is 9.97. The Balaban J connectivity index is 1.46. The molecule has 2 aromatic heterocycles. The van der Waals surface area contributed by atoms with Gasteiger partial charge in [0, 0.05) is 31.7 Å². The highest BCUT2D eigenvalue weighted by atomic mass is 32.2. The number of carbonyl (C=O) groups is 1. The molecule has 1 aromatic carbocycles. The van der Waals surface area contributed by atoms with E-state index in [0.717, 1.165) is 22.4 Å². The fourth-order valence-corrected chi connectivity index (χ4v) is 6.41. The van der Waals surface area contributed by atoms with Crippen molar-refractivity contribution < 1.29 is 13.2 Å². The minimum atomic E-state index is -3.69. The summed E-state index contributed by atoms with van der Waals surface area (Å²) >= 11 is 1.05. The molecular weight excluding hydrogens is 436 g/mol. The summed E-state index contributed by atoms with van der Waals surface area (Å²) in [5.41, 5.74) is 1.63. The van der Waals surface area contributed by atoms with Crippen LogP contribution in [0.25, 0.3) is 10.2 Å². The van der Waals surface area contributed by atoms with E-state index in [2.05, 4.69) is 10.3 Å². The molecule has 1 aliphatic rings. The minimum absolute atomic E-state index is 0.0954. The lowest BCUT2D eigenvalue weighted by molar-refractivity contribution is -0.120. The molecule has 1 N–H and O–H groups in total. The third-order valence-electron chi connectivity index (χ3n) is 5.67. The van der Waals surface area contributed by atoms with E-state index in [1.54, 1.807) is 29.0 Å². The van der Waals surface area contributed by atoms with Crippen LogP contribution in [0.5, 0.6) is 0 Å². The Morgan fingerprint density at radius 1 is 1.26 bits per heavy atom. The summed E-state index contributed by atoms with van der Waals surface area (Å²) in [4.78, 5) is 28.9. The van der Waals surface area contributed by atoms with Crippen LogP contribution in [0.2, 0.25) is 0 Å². The van der Waals surface area contributed by atoms with E-state index in [1.807, 2.05) is 26.0 Å². The first-order valence-corrected chi connectivity index (χ1v) is 12.4. The smallest absolute Gasteiger partial charge is 0.308 e. The van der Waals surface area contributed by atoms with Crippen LogP contribution in [0.15, 0.2) is 46.2 Å². The van der Waals surface area contributed by atoms with Gasteiger partial charge in [-0.1, -0.05) is 17.4 Å². The molecule has 4 rings (SSSR count). The van der Waals surface area contributed by atoms with E-state index in [9.17, 15) is 18.0 Å². The molecule has 0 unspecified atom stereocenters. The molecule has 3 aromatic rings. The van der Waals surface area contributed by atoms with Gasteiger partial charge in [0.05, 0.1) is 15.1 Å². The van der Waals surface area contributed by atoms with Crippen LogP contribution < -0.4 is 10.2 Å². The van der Waals surface area contributed by atoms with Gasteiger partial charge >= 0.3 is 4.87 Å². The largest absolute Gasteiger partial charge is 0.310 e. The lowest BCUT2D eigenvalue weighted by Crippen LogP contribution is -2.41. The second-order valence-corrected chi connectivity index (χ2v) is 10.5. The number of sulfonamides is 1. The molecule has 0 spiro atoms. The van der Waals surface area contributed by atoms with Gasteiger partial charge < -0.3 is 5.32 Å². The zero-order chi connectivity index (χ0) is 22.2. The number of amides is 1. The Kier molecular flexibility index (Phi) is 5.96. The molecule has 10 heteroatoms. The van der Waals surface area contributed by atoms with Crippen LogP contribution in [0.3, 0.4) is 0 Å². The second kappa shape index (κ2) is 8.52. The number of hydrogen-bond acceptors (Lipinski definition) is 6. The number of carbonyl (C=O) groups excluding carboxylic acids is 1. The number of anilines is 1. The number of pyridine rings is 1. The van der Waals surface area contributed by atoms with Gasteiger partial charge in [0.25, 0.3) is 0 Å². The number of nitrogens with zero attached hydrogens (tertiary/aromatic N) is 3. The Morgan fingerprint density at radius 3 is 2.68 bits per heavy atom. The zero-order valence-electron chi connectivity index (χ0n) is 17.4. The predicted molar refractivity (Wildman–Crippen MR) is 121 cm³/mol. The van der Waals surface area contributed by atoms with E-state index in [4.69, 9.17) is 0 Å². The summed E-state index contributed by atoms with van der Waals surface area (Å²) in [5.74, 6) is 0.138. The Morgan fingerprint density at radius 2 is 2.00 bits per heavy atom. The van der Waals surface area contributed by atoms with Crippen LogP contribution in [0, 0.1) is 12.8 Å². The number of nitrogens with one attached hydrogen (secondary N) is 1. The first-order chi connectivity index (χ1) is 14.8. The van der Waals surface area contributed by atoms with Crippen molar-refractivity contribution in [3.63, 3.8) is 0 Å². The van der Waals surface area contributed by atoms with Gasteiger partial charge in [0.15, 0.2) is 0 Å². The molecule has 31 heavy (non-hydrogen) atoms. The zero-order valence-corrected chi connectivity index (χ0v) is 19.0. The van der Waals surface area contributed by atoms with Gasteiger partial charge in [-0.3, -0.25) is 14.2 Å². The number of rotatable bonds is 5. The first kappa shape index (κ1) is 21.7. The summed E-state index contributed by atoms with van der Waals surface area (Å²) in [6, 6.07) is 8.50. The summed E-state index contributed by atoms with van der Waals surface area (Å²) in [5, 5.41) is 2.85. The first-order valence-electron chi connectivity index (χ1n) is 10.2. The van der Waals surface area contributed by atoms with Crippen molar-refractivity contribution in [1.82, 2.24) is 13.9 Å². The van der Waals surface area contributed by atoms with Crippen molar-refractivity contribution in [2.24, 2.45) is 5.92 Å². The van der Waals surface area contributed by atoms with E-state index in [0.29, 0.717) is 29.9 Å². The van der Waals surface area contributed by atoms with Crippen molar-refractivity contribution in [3.8, 4) is 0 Å². The summed E-state index contributed by atoms with van der Waals surface area (Å²) < 4.78 is 30.0. The fourth-order valence-electron chi connectivity index (χ4n) is 3.85. The third kappa shape index (κ3) is 4.15. The van der Waals surface area contributed by atoms with Crippen molar-refractivity contribution in [2.45, 2.75) is 38.1 Å². The van der Waals surface area contributed by atoms with Crippen LogP contribution in [-0.4, -0.2) is 41.3 Å². The number of piperidine rings is 1. The van der Waals surface area contributed by atoms with E-state index in [1.165, 1.54) is 4.31 Å². The second-order valence-electron chi connectivity index (χ2n) is 7.58. The van der Waals surface area contributed by atoms with E-state index < -0.39 is 10.0 Å². The molecule has 1 fully saturated rings. The topological polar surface area (TPSA) is 101 Å². The standard InChI is InChI=1S/C21H24N4O4S2/c1-3-25-17-7-6-16(13-18(17)30-21(25)27)31(28,29)24-11-8-15(9-12-24)20(26)23-19-14(2)5-4-10-22-19/h4-7,10,13,15H,3,8-9,11-12H2,1-2H3,(H,22,23,26). The summed E-state index contributed by atoms with van der Waals surface area (Å²) in [6.07, 6.45) is 2.51. The summed E-state index contributed by atoms with van der Waals surface area (Å²) in [7, 11) is -3.69. The van der Waals surface area contributed by atoms with Gasteiger partial charge in [-0.15, -0.1) is 0 Å². The number of aryl methyl sites for hydroxylation is 2. The lowest BCUT2D eigenvalue weighted by Gasteiger charge is -2.30. The molecule has 3 heterocycles. The third-order valence-corrected chi connectivity index (χ3v) is 8.51. The minimum Gasteiger partial charge on any atom is -0.310 e. The maximum Gasteiger partial charge on any atom is 0.308 e. The Hall–Kier alpha value is -2.56. The van der Waals surface area contributed by atoms with Crippen LogP contribution in [0.1, 0.15) is 25.3 Å². The molecule has 164 valence electrons. The maximum absolute atomic E-state index is 13.1.